The van der Waals surface area contributed by atoms with Gasteiger partial charge in [0.15, 0.2) is 5.92 Å². The highest BCUT2D eigenvalue weighted by molar-refractivity contribution is 6.20. The molecule has 0 radical (unpaired) electrons. The number of hydroxylamine groups is 2. The number of imide groups is 1. The second-order valence-corrected chi connectivity index (χ2v) is 5.83. The lowest BCUT2D eigenvalue weighted by Gasteiger charge is -2.23. The van der Waals surface area contributed by atoms with Crippen molar-refractivity contribution >= 4 is 17.8 Å². The van der Waals surface area contributed by atoms with Crippen LogP contribution in [0.3, 0.4) is 0 Å². The minimum absolute atomic E-state index is 0.0250. The third-order valence-corrected chi connectivity index (χ3v) is 4.14. The number of halogens is 3. The second kappa shape index (κ2) is 6.47. The van der Waals surface area contributed by atoms with Gasteiger partial charge >= 0.3 is 12.1 Å². The minimum atomic E-state index is -4.87. The molecule has 2 heterocycles. The fourth-order valence-corrected chi connectivity index (χ4v) is 2.86. The number of rotatable bonds is 4. The number of benzene rings is 1. The predicted molar refractivity (Wildman–Crippen MR) is 76.2 cm³/mol. The van der Waals surface area contributed by atoms with Gasteiger partial charge in [0.05, 0.1) is 17.2 Å². The van der Waals surface area contributed by atoms with Gasteiger partial charge in [0.1, 0.15) is 0 Å². The lowest BCUT2D eigenvalue weighted by molar-refractivity contribution is -0.217. The molecule has 2 aliphatic heterocycles. The Bertz CT molecular complexity index is 677. The van der Waals surface area contributed by atoms with Crippen molar-refractivity contribution < 1.29 is 37.1 Å². The van der Waals surface area contributed by atoms with Gasteiger partial charge in [-0.1, -0.05) is 17.2 Å². The number of hydrogen-bond donors (Lipinski definition) is 0. The molecule has 2 amide bonds. The monoisotopic (exact) mass is 357 g/mol. The number of amides is 2. The SMILES string of the molecule is O=C(ON1C(=O)c2ccccc2C1=O)C(CC1CCCO1)C(F)(F)F. The van der Waals surface area contributed by atoms with Crippen molar-refractivity contribution in [2.45, 2.75) is 31.5 Å². The molecule has 2 unspecified atom stereocenters. The van der Waals surface area contributed by atoms with Crippen LogP contribution in [0.2, 0.25) is 0 Å². The predicted octanol–water partition coefficient (Wildman–Crippen LogP) is 2.49. The van der Waals surface area contributed by atoms with Gasteiger partial charge < -0.3 is 9.57 Å². The molecular weight excluding hydrogens is 343 g/mol. The van der Waals surface area contributed by atoms with Crippen molar-refractivity contribution in [1.29, 1.82) is 0 Å². The van der Waals surface area contributed by atoms with Crippen LogP contribution in [0.5, 0.6) is 0 Å². The molecule has 0 aromatic heterocycles. The summed E-state index contributed by atoms with van der Waals surface area (Å²) in [5.74, 6) is -6.10. The van der Waals surface area contributed by atoms with Crippen LogP contribution in [-0.4, -0.2) is 41.7 Å². The first-order valence-corrected chi connectivity index (χ1v) is 7.67. The van der Waals surface area contributed by atoms with E-state index in [0.717, 1.165) is 0 Å². The normalized spacial score (nSPS) is 21.4. The minimum Gasteiger partial charge on any atom is -0.378 e. The van der Waals surface area contributed by atoms with Crippen LogP contribution in [0, 0.1) is 5.92 Å². The van der Waals surface area contributed by atoms with Gasteiger partial charge in [-0.2, -0.15) is 13.2 Å². The van der Waals surface area contributed by atoms with E-state index >= 15 is 0 Å². The van der Waals surface area contributed by atoms with Crippen LogP contribution >= 0.6 is 0 Å². The van der Waals surface area contributed by atoms with Crippen molar-refractivity contribution in [1.82, 2.24) is 5.06 Å². The maximum absolute atomic E-state index is 13.2. The summed E-state index contributed by atoms with van der Waals surface area (Å²) in [7, 11) is 0. The summed E-state index contributed by atoms with van der Waals surface area (Å²) >= 11 is 0. The first kappa shape index (κ1) is 17.4. The molecule has 25 heavy (non-hydrogen) atoms. The Morgan fingerprint density at radius 3 is 2.32 bits per heavy atom. The van der Waals surface area contributed by atoms with Gasteiger partial charge in [0, 0.05) is 6.61 Å². The highest BCUT2D eigenvalue weighted by Gasteiger charge is 2.50. The fraction of sp³-hybridized carbons (Fsp3) is 0.438. The van der Waals surface area contributed by atoms with Crippen LogP contribution < -0.4 is 0 Å². The molecule has 0 bridgehead atoms. The Hall–Kier alpha value is -2.42. The lowest BCUT2D eigenvalue weighted by atomic mass is 9.99. The van der Waals surface area contributed by atoms with E-state index in [9.17, 15) is 27.6 Å². The maximum Gasteiger partial charge on any atom is 0.402 e. The molecule has 2 aliphatic rings. The summed E-state index contributed by atoms with van der Waals surface area (Å²) in [6.07, 6.45) is -5.16. The topological polar surface area (TPSA) is 72.9 Å². The van der Waals surface area contributed by atoms with E-state index in [1.165, 1.54) is 24.3 Å². The van der Waals surface area contributed by atoms with Gasteiger partial charge in [0.25, 0.3) is 11.8 Å². The van der Waals surface area contributed by atoms with E-state index in [0.29, 0.717) is 19.4 Å². The van der Waals surface area contributed by atoms with Crippen molar-refractivity contribution in [3.63, 3.8) is 0 Å². The molecular formula is C16H14F3NO5. The van der Waals surface area contributed by atoms with Gasteiger partial charge in [-0.05, 0) is 31.4 Å². The molecule has 134 valence electrons. The molecule has 9 heteroatoms. The summed E-state index contributed by atoms with van der Waals surface area (Å²) in [6.45, 7) is 0.336. The van der Waals surface area contributed by atoms with Crippen LogP contribution in [0.1, 0.15) is 40.0 Å². The van der Waals surface area contributed by atoms with Crippen LogP contribution in [0.15, 0.2) is 24.3 Å². The first-order valence-electron chi connectivity index (χ1n) is 7.67. The summed E-state index contributed by atoms with van der Waals surface area (Å²) in [6, 6.07) is 5.64. The largest absolute Gasteiger partial charge is 0.402 e. The van der Waals surface area contributed by atoms with E-state index < -0.39 is 42.4 Å². The number of carbonyl (C=O) groups is 3. The zero-order valence-electron chi connectivity index (χ0n) is 12.9. The summed E-state index contributed by atoms with van der Waals surface area (Å²) in [5.41, 5.74) is -0.0500. The molecule has 0 aliphatic carbocycles. The van der Waals surface area contributed by atoms with Gasteiger partial charge in [-0.15, -0.1) is 0 Å². The molecule has 6 nitrogen and oxygen atoms in total. The summed E-state index contributed by atoms with van der Waals surface area (Å²) < 4.78 is 44.8. The lowest BCUT2D eigenvalue weighted by Crippen LogP contribution is -2.41. The van der Waals surface area contributed by atoms with E-state index in [1.54, 1.807) is 0 Å². The standard InChI is InChI=1S/C16H14F3NO5/c17-16(18,19)12(8-9-4-3-7-24-9)15(23)25-20-13(21)10-5-1-2-6-11(10)14(20)22/h1-2,5-6,9,12H,3-4,7-8H2. The third kappa shape index (κ3) is 3.37. The zero-order valence-corrected chi connectivity index (χ0v) is 12.9. The summed E-state index contributed by atoms with van der Waals surface area (Å²) in [5, 5.41) is 0.0846. The highest BCUT2D eigenvalue weighted by atomic mass is 19.4. The molecule has 1 fully saturated rings. The molecule has 1 aromatic carbocycles. The molecule has 3 rings (SSSR count). The van der Waals surface area contributed by atoms with Gasteiger partial charge in [-0.25, -0.2) is 4.79 Å². The Labute approximate surface area is 140 Å². The quantitative estimate of drug-likeness (QED) is 0.774. The molecule has 1 saturated heterocycles. The number of alkyl halides is 3. The van der Waals surface area contributed by atoms with E-state index in [1.807, 2.05) is 0 Å². The Morgan fingerprint density at radius 2 is 1.84 bits per heavy atom. The average Bonchev–Trinajstić information content (AvgIpc) is 3.15. The Balaban J connectivity index is 1.75. The molecule has 0 spiro atoms. The number of fused-ring (bicyclic) bond motifs is 1. The van der Waals surface area contributed by atoms with Crippen LogP contribution in [-0.2, 0) is 14.4 Å². The van der Waals surface area contributed by atoms with Crippen LogP contribution in [0.4, 0.5) is 13.2 Å². The van der Waals surface area contributed by atoms with Crippen molar-refractivity contribution in [3.8, 4) is 0 Å². The van der Waals surface area contributed by atoms with E-state index in [2.05, 4.69) is 4.84 Å². The average molecular weight is 357 g/mol. The van der Waals surface area contributed by atoms with E-state index in [4.69, 9.17) is 4.74 Å². The second-order valence-electron chi connectivity index (χ2n) is 5.83. The van der Waals surface area contributed by atoms with E-state index in [-0.39, 0.29) is 16.2 Å². The molecule has 2 atom stereocenters. The molecule has 1 aromatic rings. The summed E-state index contributed by atoms with van der Waals surface area (Å²) in [4.78, 5) is 40.7. The number of ether oxygens (including phenoxy) is 1. The number of carbonyl (C=O) groups excluding carboxylic acids is 3. The molecule has 0 N–H and O–H groups in total. The van der Waals surface area contributed by atoms with Gasteiger partial charge in [0.2, 0.25) is 0 Å². The van der Waals surface area contributed by atoms with Crippen molar-refractivity contribution in [2.75, 3.05) is 6.61 Å². The van der Waals surface area contributed by atoms with Crippen molar-refractivity contribution in [3.05, 3.63) is 35.4 Å². The Kier molecular flexibility index (Phi) is 4.51. The third-order valence-electron chi connectivity index (χ3n) is 4.14. The maximum atomic E-state index is 13.2. The number of nitrogens with zero attached hydrogens (tertiary/aromatic N) is 1. The first-order chi connectivity index (χ1) is 11.8. The van der Waals surface area contributed by atoms with Gasteiger partial charge in [-0.3, -0.25) is 9.59 Å². The smallest absolute Gasteiger partial charge is 0.378 e. The fourth-order valence-electron chi connectivity index (χ4n) is 2.86. The molecule has 0 saturated carbocycles. The zero-order chi connectivity index (χ0) is 18.2. The Morgan fingerprint density at radius 1 is 1.24 bits per heavy atom. The van der Waals surface area contributed by atoms with Crippen LogP contribution in [0.25, 0.3) is 0 Å². The van der Waals surface area contributed by atoms with Crippen molar-refractivity contribution in [2.24, 2.45) is 5.92 Å². The number of hydrogen-bond acceptors (Lipinski definition) is 5. The highest BCUT2D eigenvalue weighted by Crippen LogP contribution is 2.34.